The summed E-state index contributed by atoms with van der Waals surface area (Å²) in [7, 11) is 0. The summed E-state index contributed by atoms with van der Waals surface area (Å²) in [5.41, 5.74) is 0.777. The quantitative estimate of drug-likeness (QED) is 0.345. The highest BCUT2D eigenvalue weighted by Gasteiger charge is 2.31. The summed E-state index contributed by atoms with van der Waals surface area (Å²) in [6.45, 7) is 0.0636. The predicted octanol–water partition coefficient (Wildman–Crippen LogP) is 3.00. The molecule has 144 valence electrons. The highest BCUT2D eigenvalue weighted by atomic mass is 32.2. The zero-order chi connectivity index (χ0) is 19.8. The zero-order valence-electron chi connectivity index (χ0n) is 14.4. The lowest BCUT2D eigenvalue weighted by molar-refractivity contribution is -0.139. The fraction of sp³-hybridized carbons (Fsp3) is 0.333. The van der Waals surface area contributed by atoms with Gasteiger partial charge in [0.1, 0.15) is 10.1 Å². The summed E-state index contributed by atoms with van der Waals surface area (Å²) in [5, 5.41) is 17.2. The summed E-state index contributed by atoms with van der Waals surface area (Å²) < 4.78 is 5.56. The molecule has 0 aliphatic carbocycles. The van der Waals surface area contributed by atoms with Crippen LogP contribution >= 0.6 is 24.0 Å². The van der Waals surface area contributed by atoms with Gasteiger partial charge in [0, 0.05) is 13.0 Å². The van der Waals surface area contributed by atoms with E-state index in [1.54, 1.807) is 30.3 Å². The zero-order valence-corrected chi connectivity index (χ0v) is 16.1. The number of thiocarbonyl (C=S) groups is 1. The minimum absolute atomic E-state index is 0.129. The second kappa shape index (κ2) is 10.1. The molecule has 2 rings (SSSR count). The van der Waals surface area contributed by atoms with Crippen molar-refractivity contribution in [3.05, 3.63) is 34.7 Å². The van der Waals surface area contributed by atoms with Crippen molar-refractivity contribution < 1.29 is 29.3 Å². The summed E-state index contributed by atoms with van der Waals surface area (Å²) in [6, 6.07) is 6.74. The molecule has 0 aromatic heterocycles. The molecule has 2 N–H and O–H groups in total. The number of benzene rings is 1. The number of ether oxygens (including phenoxy) is 1. The van der Waals surface area contributed by atoms with E-state index >= 15 is 0 Å². The summed E-state index contributed by atoms with van der Waals surface area (Å²) in [5.74, 6) is -1.59. The van der Waals surface area contributed by atoms with Crippen molar-refractivity contribution in [2.45, 2.75) is 25.7 Å². The van der Waals surface area contributed by atoms with Gasteiger partial charge in [0.15, 0.2) is 6.61 Å². The number of hydrogen-bond donors (Lipinski definition) is 2. The van der Waals surface area contributed by atoms with E-state index in [0.29, 0.717) is 34.4 Å². The van der Waals surface area contributed by atoms with Gasteiger partial charge in [0.2, 0.25) is 0 Å². The fourth-order valence-corrected chi connectivity index (χ4v) is 3.68. The van der Waals surface area contributed by atoms with Gasteiger partial charge in [-0.3, -0.25) is 14.5 Å². The van der Waals surface area contributed by atoms with Gasteiger partial charge in [0.05, 0.1) is 4.91 Å². The molecule has 1 aliphatic heterocycles. The van der Waals surface area contributed by atoms with Gasteiger partial charge in [-0.05, 0) is 36.6 Å². The first-order valence-electron chi connectivity index (χ1n) is 8.28. The van der Waals surface area contributed by atoms with E-state index in [-0.39, 0.29) is 12.3 Å². The van der Waals surface area contributed by atoms with Crippen LogP contribution in [-0.2, 0) is 14.4 Å². The number of carboxylic acids is 2. The molecule has 0 bridgehead atoms. The molecular weight excluding hydrogens is 390 g/mol. The van der Waals surface area contributed by atoms with Gasteiger partial charge < -0.3 is 14.9 Å². The molecule has 1 saturated heterocycles. The van der Waals surface area contributed by atoms with Crippen molar-refractivity contribution in [2.75, 3.05) is 13.2 Å². The van der Waals surface area contributed by atoms with Crippen molar-refractivity contribution in [3.8, 4) is 5.75 Å². The number of aliphatic carboxylic acids is 2. The highest BCUT2D eigenvalue weighted by Crippen LogP contribution is 2.33. The maximum Gasteiger partial charge on any atom is 0.341 e. The van der Waals surface area contributed by atoms with E-state index in [9.17, 15) is 14.4 Å². The van der Waals surface area contributed by atoms with Gasteiger partial charge in [0.25, 0.3) is 5.91 Å². The molecule has 1 aromatic carbocycles. The van der Waals surface area contributed by atoms with Crippen LogP contribution in [0, 0.1) is 0 Å². The third-order valence-electron chi connectivity index (χ3n) is 3.69. The van der Waals surface area contributed by atoms with Crippen LogP contribution < -0.4 is 4.74 Å². The van der Waals surface area contributed by atoms with Crippen molar-refractivity contribution in [1.82, 2.24) is 4.90 Å². The van der Waals surface area contributed by atoms with Crippen LogP contribution in [0.1, 0.15) is 31.2 Å². The van der Waals surface area contributed by atoms with Gasteiger partial charge in [-0.15, -0.1) is 0 Å². The topological polar surface area (TPSA) is 104 Å². The lowest BCUT2D eigenvalue weighted by Gasteiger charge is -2.13. The Labute approximate surface area is 166 Å². The Kier molecular flexibility index (Phi) is 7.81. The Balaban J connectivity index is 1.91. The first-order chi connectivity index (χ1) is 12.9. The maximum atomic E-state index is 12.5. The van der Waals surface area contributed by atoms with Gasteiger partial charge in [-0.2, -0.15) is 0 Å². The molecular formula is C18H19NO6S2. The van der Waals surface area contributed by atoms with Crippen molar-refractivity contribution in [3.63, 3.8) is 0 Å². The molecule has 27 heavy (non-hydrogen) atoms. The molecule has 0 atom stereocenters. The first kappa shape index (κ1) is 20.9. The number of carboxylic acid groups (broad SMARTS) is 2. The Morgan fingerprint density at radius 1 is 1.11 bits per heavy atom. The molecule has 1 aliphatic rings. The standard InChI is InChI=1S/C18H19NO6S2/c20-15(21)4-2-1-3-9-19-17(24)14(27-18(19)26)10-12-5-7-13(8-6-12)25-11-16(22)23/h5-8,10H,1-4,9,11H2,(H,20,21)(H,22,23)/b14-10-. The number of thioether (sulfide) groups is 1. The molecule has 1 amide bonds. The number of unbranched alkanes of at least 4 members (excludes halogenated alkanes) is 2. The summed E-state index contributed by atoms with van der Waals surface area (Å²) in [4.78, 5) is 35.5. The average molecular weight is 409 g/mol. The summed E-state index contributed by atoms with van der Waals surface area (Å²) in [6.07, 6.45) is 3.86. The van der Waals surface area contributed by atoms with E-state index in [2.05, 4.69) is 0 Å². The van der Waals surface area contributed by atoms with E-state index in [0.717, 1.165) is 12.0 Å². The highest BCUT2D eigenvalue weighted by molar-refractivity contribution is 8.26. The fourth-order valence-electron chi connectivity index (χ4n) is 2.37. The number of rotatable bonds is 10. The third-order valence-corrected chi connectivity index (χ3v) is 5.06. The summed E-state index contributed by atoms with van der Waals surface area (Å²) >= 11 is 6.50. The van der Waals surface area contributed by atoms with Gasteiger partial charge in [-0.1, -0.05) is 42.5 Å². The number of carbonyl (C=O) groups is 3. The molecule has 9 heteroatoms. The maximum absolute atomic E-state index is 12.5. The van der Waals surface area contributed by atoms with E-state index in [1.165, 1.54) is 16.7 Å². The van der Waals surface area contributed by atoms with Crippen molar-refractivity contribution >= 4 is 52.2 Å². The minimum atomic E-state index is -1.05. The van der Waals surface area contributed by atoms with E-state index in [1.807, 2.05) is 0 Å². The van der Waals surface area contributed by atoms with Crippen LogP contribution in [0.4, 0.5) is 0 Å². The molecule has 0 radical (unpaired) electrons. The Hall–Kier alpha value is -2.39. The van der Waals surface area contributed by atoms with Crippen LogP contribution in [0.3, 0.4) is 0 Å². The molecule has 7 nitrogen and oxygen atoms in total. The van der Waals surface area contributed by atoms with E-state index < -0.39 is 18.5 Å². The molecule has 1 fully saturated rings. The number of nitrogens with zero attached hydrogens (tertiary/aromatic N) is 1. The van der Waals surface area contributed by atoms with Crippen molar-refractivity contribution in [1.29, 1.82) is 0 Å². The molecule has 0 unspecified atom stereocenters. The van der Waals surface area contributed by atoms with Gasteiger partial charge in [-0.25, -0.2) is 4.79 Å². The Bertz CT molecular complexity index is 760. The van der Waals surface area contributed by atoms with E-state index in [4.69, 9.17) is 27.2 Å². The monoisotopic (exact) mass is 409 g/mol. The third kappa shape index (κ3) is 6.69. The van der Waals surface area contributed by atoms with Crippen LogP contribution in [-0.4, -0.2) is 50.4 Å². The molecule has 0 saturated carbocycles. The first-order valence-corrected chi connectivity index (χ1v) is 9.51. The SMILES string of the molecule is O=C(O)CCCCCN1C(=O)/C(=C/c2ccc(OCC(=O)O)cc2)SC1=S. The molecule has 0 spiro atoms. The average Bonchev–Trinajstić information content (AvgIpc) is 2.87. The Morgan fingerprint density at radius 3 is 2.44 bits per heavy atom. The minimum Gasteiger partial charge on any atom is -0.482 e. The number of amides is 1. The normalized spacial score (nSPS) is 15.4. The van der Waals surface area contributed by atoms with Crippen LogP contribution in [0.25, 0.3) is 6.08 Å². The smallest absolute Gasteiger partial charge is 0.341 e. The second-order valence-corrected chi connectivity index (χ2v) is 7.46. The van der Waals surface area contributed by atoms with Crippen molar-refractivity contribution in [2.24, 2.45) is 0 Å². The van der Waals surface area contributed by atoms with Crippen LogP contribution in [0.5, 0.6) is 5.75 Å². The lowest BCUT2D eigenvalue weighted by Crippen LogP contribution is -2.29. The lowest BCUT2D eigenvalue weighted by atomic mass is 10.2. The molecule has 1 heterocycles. The van der Waals surface area contributed by atoms with Gasteiger partial charge >= 0.3 is 11.9 Å². The predicted molar refractivity (Wildman–Crippen MR) is 106 cm³/mol. The number of hydrogen-bond acceptors (Lipinski definition) is 6. The largest absolute Gasteiger partial charge is 0.482 e. The second-order valence-electron chi connectivity index (χ2n) is 5.79. The molecule has 1 aromatic rings. The number of carbonyl (C=O) groups excluding carboxylic acids is 1. The Morgan fingerprint density at radius 2 is 1.81 bits per heavy atom. The van der Waals surface area contributed by atoms with Crippen LogP contribution in [0.15, 0.2) is 29.2 Å². The van der Waals surface area contributed by atoms with Crippen LogP contribution in [0.2, 0.25) is 0 Å².